The number of nitrogens with one attached hydrogen (secondary N) is 1. The largest absolute Gasteiger partial charge is 0.271 e. The van der Waals surface area contributed by atoms with Crippen LogP contribution in [0, 0.1) is 5.82 Å². The van der Waals surface area contributed by atoms with Gasteiger partial charge >= 0.3 is 0 Å². The zero-order valence-electron chi connectivity index (χ0n) is 9.59. The summed E-state index contributed by atoms with van der Waals surface area (Å²) < 4.78 is 15.7. The van der Waals surface area contributed by atoms with Crippen molar-refractivity contribution in [2.75, 3.05) is 0 Å². The van der Waals surface area contributed by atoms with Crippen molar-refractivity contribution in [3.05, 3.63) is 53.8 Å². The van der Waals surface area contributed by atoms with Crippen LogP contribution in [0.2, 0.25) is 5.02 Å². The van der Waals surface area contributed by atoms with E-state index in [0.717, 1.165) is 13.1 Å². The molecule has 0 saturated heterocycles. The molecule has 0 aliphatic rings. The number of benzene rings is 1. The molecule has 19 heavy (non-hydrogen) atoms. The Morgan fingerprint density at radius 2 is 2.16 bits per heavy atom. The summed E-state index contributed by atoms with van der Waals surface area (Å²) in [4.78, 5) is 0. The molecule has 0 fully saturated rings. The quantitative estimate of drug-likeness (QED) is 0.542. The van der Waals surface area contributed by atoms with Crippen molar-refractivity contribution in [2.45, 2.75) is 12.5 Å². The average molecular weight is 429 g/mol. The maximum Gasteiger partial charge on any atom is 0.127 e. The van der Waals surface area contributed by atoms with Gasteiger partial charge in [-0.15, -0.1) is 11.3 Å². The number of hydrogen-bond donors (Lipinski definition) is 2. The van der Waals surface area contributed by atoms with Crippen LogP contribution < -0.4 is 11.3 Å². The first-order valence-corrected chi connectivity index (χ1v) is 8.14. The van der Waals surface area contributed by atoms with E-state index in [1.165, 1.54) is 6.07 Å². The summed E-state index contributed by atoms with van der Waals surface area (Å²) >= 11 is 14.5. The van der Waals surface area contributed by atoms with E-state index in [1.54, 1.807) is 23.5 Å². The van der Waals surface area contributed by atoms with Gasteiger partial charge in [-0.2, -0.15) is 0 Å². The summed E-state index contributed by atoms with van der Waals surface area (Å²) in [7, 11) is 0. The smallest absolute Gasteiger partial charge is 0.127 e. The van der Waals surface area contributed by atoms with Crippen molar-refractivity contribution in [3.63, 3.8) is 0 Å². The number of rotatable bonds is 4. The molecule has 7 heteroatoms. The molecule has 0 bridgehead atoms. The van der Waals surface area contributed by atoms with Crippen molar-refractivity contribution >= 4 is 54.8 Å². The highest BCUT2D eigenvalue weighted by Crippen LogP contribution is 2.37. The van der Waals surface area contributed by atoms with Crippen molar-refractivity contribution in [3.8, 4) is 0 Å². The predicted molar refractivity (Wildman–Crippen MR) is 84.9 cm³/mol. The van der Waals surface area contributed by atoms with Crippen LogP contribution >= 0.6 is 54.8 Å². The third-order valence-electron chi connectivity index (χ3n) is 2.73. The summed E-state index contributed by atoms with van der Waals surface area (Å²) in [5, 5.41) is 0.408. The molecule has 0 radical (unpaired) electrons. The van der Waals surface area contributed by atoms with E-state index in [2.05, 4.69) is 37.3 Å². The van der Waals surface area contributed by atoms with Crippen molar-refractivity contribution in [1.29, 1.82) is 0 Å². The summed E-state index contributed by atoms with van der Waals surface area (Å²) in [6.07, 6.45) is 0.379. The number of hydrazine groups is 1. The molecule has 1 aromatic heterocycles. The van der Waals surface area contributed by atoms with Gasteiger partial charge in [0.2, 0.25) is 0 Å². The van der Waals surface area contributed by atoms with Crippen LogP contribution in [0.4, 0.5) is 4.39 Å². The summed E-state index contributed by atoms with van der Waals surface area (Å²) in [6, 6.07) is 6.39. The van der Waals surface area contributed by atoms with Crippen LogP contribution in [0.25, 0.3) is 0 Å². The van der Waals surface area contributed by atoms with Crippen LogP contribution in [0.1, 0.15) is 17.2 Å². The highest BCUT2D eigenvalue weighted by Gasteiger charge is 2.19. The molecular weight excluding hydrogens is 418 g/mol. The van der Waals surface area contributed by atoms with E-state index in [0.29, 0.717) is 17.0 Å². The Bertz CT molecular complexity index is 571. The molecule has 1 aromatic carbocycles. The van der Waals surface area contributed by atoms with Gasteiger partial charge in [0.25, 0.3) is 0 Å². The van der Waals surface area contributed by atoms with Gasteiger partial charge in [0, 0.05) is 10.6 Å². The van der Waals surface area contributed by atoms with Gasteiger partial charge < -0.3 is 0 Å². The standard InChI is InChI=1S/C12H10Br2ClFN2S/c13-11-5-7(12(14)19-11)10(18-17)4-6-8(15)2-1-3-9(6)16/h1-3,5,10,18H,4,17H2. The van der Waals surface area contributed by atoms with E-state index < -0.39 is 0 Å². The van der Waals surface area contributed by atoms with Gasteiger partial charge in [0.05, 0.1) is 13.6 Å². The molecule has 2 aromatic rings. The zero-order valence-corrected chi connectivity index (χ0v) is 14.3. The van der Waals surface area contributed by atoms with Crippen LogP contribution in [-0.4, -0.2) is 0 Å². The molecular formula is C12H10Br2ClFN2S. The molecule has 0 saturated carbocycles. The van der Waals surface area contributed by atoms with Crippen molar-refractivity contribution in [2.24, 2.45) is 5.84 Å². The molecule has 2 rings (SSSR count). The van der Waals surface area contributed by atoms with E-state index in [9.17, 15) is 4.39 Å². The molecule has 0 aliphatic carbocycles. The first-order valence-electron chi connectivity index (χ1n) is 5.36. The van der Waals surface area contributed by atoms with E-state index in [1.807, 2.05) is 6.07 Å². The van der Waals surface area contributed by atoms with Gasteiger partial charge in [-0.05, 0) is 62.0 Å². The van der Waals surface area contributed by atoms with E-state index in [-0.39, 0.29) is 11.9 Å². The molecule has 0 spiro atoms. The van der Waals surface area contributed by atoms with Gasteiger partial charge in [0.1, 0.15) is 5.82 Å². The molecule has 102 valence electrons. The monoisotopic (exact) mass is 426 g/mol. The second-order valence-corrected chi connectivity index (χ2v) is 8.06. The molecule has 0 amide bonds. The normalized spacial score (nSPS) is 12.7. The van der Waals surface area contributed by atoms with Crippen molar-refractivity contribution < 1.29 is 4.39 Å². The Kier molecular flexibility index (Phi) is 5.39. The van der Waals surface area contributed by atoms with Gasteiger partial charge in [-0.1, -0.05) is 17.7 Å². The minimum atomic E-state index is -0.321. The average Bonchev–Trinajstić information content (AvgIpc) is 2.68. The fraction of sp³-hybridized carbons (Fsp3) is 0.167. The lowest BCUT2D eigenvalue weighted by molar-refractivity contribution is 0.529. The predicted octanol–water partition coefficient (Wildman–Crippen LogP) is 4.81. The lowest BCUT2D eigenvalue weighted by Gasteiger charge is -2.16. The maximum atomic E-state index is 13.8. The highest BCUT2D eigenvalue weighted by molar-refractivity contribution is 9.12. The van der Waals surface area contributed by atoms with Gasteiger partial charge in [-0.25, -0.2) is 4.39 Å². The Morgan fingerprint density at radius 3 is 2.68 bits per heavy atom. The fourth-order valence-corrected chi connectivity index (χ4v) is 4.99. The lowest BCUT2D eigenvalue weighted by atomic mass is 10.0. The van der Waals surface area contributed by atoms with Crippen molar-refractivity contribution in [1.82, 2.24) is 5.43 Å². The Balaban J connectivity index is 2.32. The second kappa shape index (κ2) is 6.65. The minimum Gasteiger partial charge on any atom is -0.271 e. The Labute approximate surface area is 136 Å². The number of hydrogen-bond acceptors (Lipinski definition) is 3. The van der Waals surface area contributed by atoms with Crippen LogP contribution in [0.3, 0.4) is 0 Å². The molecule has 1 heterocycles. The molecule has 3 N–H and O–H groups in total. The van der Waals surface area contributed by atoms with E-state index >= 15 is 0 Å². The SMILES string of the molecule is NNC(Cc1c(F)cccc1Cl)c1cc(Br)sc1Br. The summed E-state index contributed by atoms with van der Waals surface area (Å²) in [6.45, 7) is 0. The van der Waals surface area contributed by atoms with Crippen LogP contribution in [0.5, 0.6) is 0 Å². The summed E-state index contributed by atoms with van der Waals surface area (Å²) in [5.41, 5.74) is 4.14. The minimum absolute atomic E-state index is 0.216. The van der Waals surface area contributed by atoms with Crippen LogP contribution in [0.15, 0.2) is 31.8 Å². The third-order valence-corrected chi connectivity index (χ3v) is 5.47. The summed E-state index contributed by atoms with van der Waals surface area (Å²) in [5.74, 6) is 5.26. The van der Waals surface area contributed by atoms with Crippen LogP contribution in [-0.2, 0) is 6.42 Å². The van der Waals surface area contributed by atoms with E-state index in [4.69, 9.17) is 17.4 Å². The topological polar surface area (TPSA) is 38.0 Å². The molecule has 2 nitrogen and oxygen atoms in total. The first-order chi connectivity index (χ1) is 9.02. The number of thiophene rings is 1. The first kappa shape index (κ1) is 15.4. The molecule has 1 atom stereocenters. The van der Waals surface area contributed by atoms with Gasteiger partial charge in [-0.3, -0.25) is 11.3 Å². The third kappa shape index (κ3) is 3.56. The maximum absolute atomic E-state index is 13.8. The highest BCUT2D eigenvalue weighted by atomic mass is 79.9. The second-order valence-electron chi connectivity index (χ2n) is 3.90. The number of halogens is 4. The fourth-order valence-electron chi connectivity index (χ4n) is 1.78. The zero-order chi connectivity index (χ0) is 14.0. The Morgan fingerprint density at radius 1 is 1.42 bits per heavy atom. The molecule has 0 aliphatic heterocycles. The Hall–Kier alpha value is 0.0200. The molecule has 1 unspecified atom stereocenters. The number of nitrogens with two attached hydrogens (primary N) is 1. The lowest BCUT2D eigenvalue weighted by Crippen LogP contribution is -2.29. The van der Waals surface area contributed by atoms with Gasteiger partial charge in [0.15, 0.2) is 0 Å².